The van der Waals surface area contributed by atoms with Gasteiger partial charge in [0.2, 0.25) is 5.91 Å². The highest BCUT2D eigenvalue weighted by Gasteiger charge is 2.20. The zero-order valence-electron chi connectivity index (χ0n) is 18.2. The van der Waals surface area contributed by atoms with E-state index >= 15 is 0 Å². The maximum atomic E-state index is 12.5. The molecule has 1 N–H and O–H groups in total. The van der Waals surface area contributed by atoms with Crippen molar-refractivity contribution < 1.29 is 14.3 Å². The van der Waals surface area contributed by atoms with E-state index in [2.05, 4.69) is 22.1 Å². The molecule has 2 aromatic carbocycles. The maximum absolute atomic E-state index is 12.5. The number of anilines is 1. The zero-order chi connectivity index (χ0) is 23.1. The SMILES string of the molecule is C=CCn1c(SCC(=O)Nc2cc(Cl)ccc2C)nnc1C(C)Oc1ccc(OC)cc1. The second kappa shape index (κ2) is 11.1. The number of carbonyl (C=O) groups is 1. The Morgan fingerprint density at radius 3 is 2.66 bits per heavy atom. The third-order valence-corrected chi connectivity index (χ3v) is 5.80. The number of ether oxygens (including phenoxy) is 2. The van der Waals surface area contributed by atoms with Gasteiger partial charge >= 0.3 is 0 Å². The highest BCUT2D eigenvalue weighted by atomic mass is 35.5. The van der Waals surface area contributed by atoms with Gasteiger partial charge in [-0.3, -0.25) is 9.36 Å². The largest absolute Gasteiger partial charge is 0.497 e. The molecular weight excluding hydrogens is 448 g/mol. The molecule has 0 aliphatic carbocycles. The summed E-state index contributed by atoms with van der Waals surface area (Å²) in [6, 6.07) is 12.7. The molecule has 0 saturated carbocycles. The van der Waals surface area contributed by atoms with Crippen LogP contribution in [0, 0.1) is 6.92 Å². The Morgan fingerprint density at radius 2 is 1.97 bits per heavy atom. The first kappa shape index (κ1) is 23.7. The van der Waals surface area contributed by atoms with E-state index in [0.29, 0.717) is 34.0 Å². The summed E-state index contributed by atoms with van der Waals surface area (Å²) < 4.78 is 13.1. The summed E-state index contributed by atoms with van der Waals surface area (Å²) in [5.41, 5.74) is 1.63. The van der Waals surface area contributed by atoms with Gasteiger partial charge in [0.25, 0.3) is 0 Å². The number of amides is 1. The minimum atomic E-state index is -0.354. The molecule has 0 saturated heterocycles. The van der Waals surface area contributed by atoms with Gasteiger partial charge in [-0.1, -0.05) is 35.5 Å². The summed E-state index contributed by atoms with van der Waals surface area (Å²) in [7, 11) is 1.62. The van der Waals surface area contributed by atoms with Gasteiger partial charge in [-0.2, -0.15) is 0 Å². The average molecular weight is 473 g/mol. The maximum Gasteiger partial charge on any atom is 0.234 e. The fourth-order valence-electron chi connectivity index (χ4n) is 2.96. The number of carbonyl (C=O) groups excluding carboxylic acids is 1. The predicted molar refractivity (Wildman–Crippen MR) is 128 cm³/mol. The van der Waals surface area contributed by atoms with E-state index in [1.807, 2.05) is 48.7 Å². The van der Waals surface area contributed by atoms with Crippen LogP contribution in [0.3, 0.4) is 0 Å². The van der Waals surface area contributed by atoms with Crippen LogP contribution in [-0.2, 0) is 11.3 Å². The minimum absolute atomic E-state index is 0.155. The number of methoxy groups -OCH3 is 1. The van der Waals surface area contributed by atoms with Gasteiger partial charge in [0.05, 0.1) is 12.9 Å². The van der Waals surface area contributed by atoms with Crippen LogP contribution >= 0.6 is 23.4 Å². The number of rotatable bonds is 10. The van der Waals surface area contributed by atoms with Gasteiger partial charge in [0, 0.05) is 17.3 Å². The van der Waals surface area contributed by atoms with Crippen molar-refractivity contribution in [3.63, 3.8) is 0 Å². The van der Waals surface area contributed by atoms with Crippen LogP contribution < -0.4 is 14.8 Å². The lowest BCUT2D eigenvalue weighted by molar-refractivity contribution is -0.113. The van der Waals surface area contributed by atoms with E-state index < -0.39 is 0 Å². The van der Waals surface area contributed by atoms with Crippen LogP contribution in [0.15, 0.2) is 60.3 Å². The van der Waals surface area contributed by atoms with Gasteiger partial charge in [-0.25, -0.2) is 0 Å². The molecule has 0 spiro atoms. The lowest BCUT2D eigenvalue weighted by Crippen LogP contribution is -2.16. The fraction of sp³-hybridized carbons (Fsp3) is 0.261. The quantitative estimate of drug-likeness (QED) is 0.318. The third kappa shape index (κ3) is 6.05. The molecule has 0 fully saturated rings. The Kier molecular flexibility index (Phi) is 8.19. The van der Waals surface area contributed by atoms with E-state index in [1.54, 1.807) is 25.3 Å². The molecule has 0 radical (unpaired) electrons. The van der Waals surface area contributed by atoms with Crippen molar-refractivity contribution >= 4 is 35.0 Å². The van der Waals surface area contributed by atoms with Crippen molar-refractivity contribution in [2.45, 2.75) is 31.7 Å². The van der Waals surface area contributed by atoms with Crippen LogP contribution in [-0.4, -0.2) is 33.5 Å². The minimum Gasteiger partial charge on any atom is -0.497 e. The molecule has 32 heavy (non-hydrogen) atoms. The van der Waals surface area contributed by atoms with Crippen LogP contribution in [0.5, 0.6) is 11.5 Å². The summed E-state index contributed by atoms with van der Waals surface area (Å²) >= 11 is 7.33. The monoisotopic (exact) mass is 472 g/mol. The summed E-state index contributed by atoms with van der Waals surface area (Å²) in [6.45, 7) is 8.13. The number of benzene rings is 2. The van der Waals surface area contributed by atoms with Crippen molar-refractivity contribution in [2.75, 3.05) is 18.2 Å². The Balaban J connectivity index is 1.67. The van der Waals surface area contributed by atoms with E-state index in [-0.39, 0.29) is 17.8 Å². The number of aromatic nitrogens is 3. The molecular formula is C23H25ClN4O3S. The highest BCUT2D eigenvalue weighted by molar-refractivity contribution is 7.99. The zero-order valence-corrected chi connectivity index (χ0v) is 19.7. The highest BCUT2D eigenvalue weighted by Crippen LogP contribution is 2.26. The van der Waals surface area contributed by atoms with E-state index in [1.165, 1.54) is 11.8 Å². The van der Waals surface area contributed by atoms with Crippen LogP contribution in [0.4, 0.5) is 5.69 Å². The number of aryl methyl sites for hydroxylation is 1. The van der Waals surface area contributed by atoms with E-state index in [4.69, 9.17) is 21.1 Å². The molecule has 0 aliphatic heterocycles. The first-order chi connectivity index (χ1) is 15.4. The van der Waals surface area contributed by atoms with Crippen LogP contribution in [0.2, 0.25) is 5.02 Å². The molecule has 3 rings (SSSR count). The number of hydrogen-bond donors (Lipinski definition) is 1. The second-order valence-corrected chi connectivity index (χ2v) is 8.35. The van der Waals surface area contributed by atoms with E-state index in [0.717, 1.165) is 11.3 Å². The van der Waals surface area contributed by atoms with E-state index in [9.17, 15) is 4.79 Å². The molecule has 168 valence electrons. The molecule has 0 aliphatic rings. The van der Waals surface area contributed by atoms with Gasteiger partial charge in [0.1, 0.15) is 11.5 Å². The molecule has 9 heteroatoms. The lowest BCUT2D eigenvalue weighted by atomic mass is 10.2. The molecule has 0 bridgehead atoms. The molecule has 1 atom stereocenters. The summed E-state index contributed by atoms with van der Waals surface area (Å²) in [4.78, 5) is 12.5. The molecule has 1 aromatic heterocycles. The number of halogens is 1. The number of allylic oxidation sites excluding steroid dienone is 1. The van der Waals surface area contributed by atoms with Crippen molar-refractivity contribution in [1.29, 1.82) is 0 Å². The topological polar surface area (TPSA) is 78.3 Å². The third-order valence-electron chi connectivity index (χ3n) is 4.60. The normalized spacial score (nSPS) is 11.6. The van der Waals surface area contributed by atoms with Crippen LogP contribution in [0.25, 0.3) is 0 Å². The molecule has 1 heterocycles. The van der Waals surface area contributed by atoms with Crippen molar-refractivity contribution in [3.05, 3.63) is 71.5 Å². The fourth-order valence-corrected chi connectivity index (χ4v) is 3.89. The summed E-state index contributed by atoms with van der Waals surface area (Å²) in [6.07, 6.45) is 1.40. The Hall–Kier alpha value is -2.97. The Morgan fingerprint density at radius 1 is 1.25 bits per heavy atom. The van der Waals surface area contributed by atoms with Crippen molar-refractivity contribution in [1.82, 2.24) is 14.8 Å². The van der Waals surface area contributed by atoms with Crippen molar-refractivity contribution in [3.8, 4) is 11.5 Å². The first-order valence-corrected chi connectivity index (χ1v) is 11.3. The van der Waals surface area contributed by atoms with Crippen LogP contribution in [0.1, 0.15) is 24.4 Å². The molecule has 1 unspecified atom stereocenters. The Labute approximate surface area is 196 Å². The van der Waals surface area contributed by atoms with Gasteiger partial charge in [0.15, 0.2) is 17.1 Å². The number of thioether (sulfide) groups is 1. The summed E-state index contributed by atoms with van der Waals surface area (Å²) in [5.74, 6) is 2.11. The average Bonchev–Trinajstić information content (AvgIpc) is 3.18. The van der Waals surface area contributed by atoms with Crippen molar-refractivity contribution in [2.24, 2.45) is 0 Å². The smallest absolute Gasteiger partial charge is 0.234 e. The lowest BCUT2D eigenvalue weighted by Gasteiger charge is -2.16. The molecule has 7 nitrogen and oxygen atoms in total. The number of nitrogens with zero attached hydrogens (tertiary/aromatic N) is 3. The Bertz CT molecular complexity index is 1090. The molecule has 1 amide bonds. The summed E-state index contributed by atoms with van der Waals surface area (Å²) in [5, 5.41) is 12.6. The first-order valence-electron chi connectivity index (χ1n) is 9.94. The number of hydrogen-bond acceptors (Lipinski definition) is 6. The van der Waals surface area contributed by atoms with Gasteiger partial charge < -0.3 is 14.8 Å². The van der Waals surface area contributed by atoms with Gasteiger partial charge in [-0.05, 0) is 55.8 Å². The molecule has 3 aromatic rings. The predicted octanol–water partition coefficient (Wildman–Crippen LogP) is 5.31. The van der Waals surface area contributed by atoms with Gasteiger partial charge in [-0.15, -0.1) is 16.8 Å². The second-order valence-electron chi connectivity index (χ2n) is 6.97. The standard InChI is InChI=1S/C23H25ClN4O3S/c1-5-12-28-22(16(3)31-19-10-8-18(30-4)9-11-19)26-27-23(28)32-14-21(29)25-20-13-17(24)7-6-15(20)2/h5-11,13,16H,1,12,14H2,2-4H3,(H,25,29). The number of nitrogens with one attached hydrogen (secondary N) is 1.